The number of aliphatic hydroxyl groups is 1. The van der Waals surface area contributed by atoms with Crippen molar-refractivity contribution in [2.75, 3.05) is 19.7 Å². The van der Waals surface area contributed by atoms with E-state index >= 15 is 0 Å². The van der Waals surface area contributed by atoms with Crippen molar-refractivity contribution in [1.82, 2.24) is 10.2 Å². The van der Waals surface area contributed by atoms with E-state index in [1.807, 2.05) is 0 Å². The van der Waals surface area contributed by atoms with Crippen LogP contribution in [0.2, 0.25) is 0 Å². The highest BCUT2D eigenvalue weighted by Gasteiger charge is 2.34. The molecular formula is C13H24N2O4. The summed E-state index contributed by atoms with van der Waals surface area (Å²) in [5.74, 6) is -0.770. The maximum atomic E-state index is 12.0. The first-order valence-corrected chi connectivity index (χ1v) is 6.64. The zero-order valence-corrected chi connectivity index (χ0v) is 11.8. The van der Waals surface area contributed by atoms with Gasteiger partial charge in [0.2, 0.25) is 0 Å². The van der Waals surface area contributed by atoms with E-state index < -0.39 is 17.4 Å². The Bertz CT molecular complexity index is 330. The molecule has 6 nitrogen and oxygen atoms in total. The van der Waals surface area contributed by atoms with Crippen molar-refractivity contribution in [3.05, 3.63) is 0 Å². The van der Waals surface area contributed by atoms with Crippen molar-refractivity contribution in [3.8, 4) is 0 Å². The summed E-state index contributed by atoms with van der Waals surface area (Å²) in [5, 5.41) is 20.8. The number of urea groups is 1. The average Bonchev–Trinajstić information content (AvgIpc) is 2.34. The average molecular weight is 272 g/mol. The van der Waals surface area contributed by atoms with E-state index in [-0.39, 0.29) is 18.6 Å². The summed E-state index contributed by atoms with van der Waals surface area (Å²) in [6.07, 6.45) is 1.52. The fourth-order valence-corrected chi connectivity index (χ4v) is 2.18. The molecule has 1 saturated heterocycles. The lowest BCUT2D eigenvalue weighted by atomic mass is 9.87. The minimum atomic E-state index is -1.02. The lowest BCUT2D eigenvalue weighted by Gasteiger charge is -2.34. The van der Waals surface area contributed by atoms with Gasteiger partial charge in [-0.2, -0.15) is 0 Å². The van der Waals surface area contributed by atoms with Crippen molar-refractivity contribution in [2.24, 2.45) is 11.3 Å². The number of hydrogen-bond acceptors (Lipinski definition) is 3. The molecule has 1 aliphatic heterocycles. The molecule has 1 rings (SSSR count). The van der Waals surface area contributed by atoms with Gasteiger partial charge in [0, 0.05) is 19.7 Å². The molecule has 0 aromatic carbocycles. The number of aliphatic carboxylic acids is 1. The summed E-state index contributed by atoms with van der Waals surface area (Å²) in [6, 6.07) is -1.24. The van der Waals surface area contributed by atoms with Gasteiger partial charge in [0.15, 0.2) is 0 Å². The molecule has 0 unspecified atom stereocenters. The first-order valence-electron chi connectivity index (χ1n) is 6.64. The molecule has 0 aliphatic carbocycles. The molecule has 2 amide bonds. The zero-order valence-electron chi connectivity index (χ0n) is 11.8. The molecule has 0 aromatic heterocycles. The highest BCUT2D eigenvalue weighted by Crippen LogP contribution is 2.21. The van der Waals surface area contributed by atoms with Crippen molar-refractivity contribution in [2.45, 2.75) is 39.7 Å². The standard InChI is InChI=1S/C13H24N2O4/c1-13(2,3)10(11(17)18)14-12(19)15-6-4-9(8-16)5-7-15/h9-10,16H,4-8H2,1-3H3,(H,14,19)(H,17,18)/t10-/m0/s1. The van der Waals surface area contributed by atoms with Gasteiger partial charge in [-0.1, -0.05) is 20.8 Å². The van der Waals surface area contributed by atoms with E-state index in [9.17, 15) is 9.59 Å². The Morgan fingerprint density at radius 2 is 1.84 bits per heavy atom. The van der Waals surface area contributed by atoms with E-state index in [4.69, 9.17) is 10.2 Å². The second kappa shape index (κ2) is 6.23. The number of nitrogens with one attached hydrogen (secondary N) is 1. The molecule has 0 bridgehead atoms. The van der Waals surface area contributed by atoms with Gasteiger partial charge in [-0.3, -0.25) is 0 Å². The van der Waals surface area contributed by atoms with Crippen LogP contribution in [-0.4, -0.2) is 52.9 Å². The van der Waals surface area contributed by atoms with Crippen LogP contribution in [0, 0.1) is 11.3 Å². The van der Waals surface area contributed by atoms with Gasteiger partial charge in [0.1, 0.15) is 6.04 Å². The van der Waals surface area contributed by atoms with Gasteiger partial charge in [-0.15, -0.1) is 0 Å². The normalized spacial score (nSPS) is 19.1. The quantitative estimate of drug-likeness (QED) is 0.712. The number of carboxylic acids is 1. The molecule has 1 fully saturated rings. The van der Waals surface area contributed by atoms with Gasteiger partial charge in [-0.05, 0) is 24.2 Å². The molecule has 19 heavy (non-hydrogen) atoms. The van der Waals surface area contributed by atoms with Crippen molar-refractivity contribution < 1.29 is 19.8 Å². The predicted octanol–water partition coefficient (Wildman–Crippen LogP) is 0.900. The number of amides is 2. The maximum Gasteiger partial charge on any atom is 0.326 e. The van der Waals surface area contributed by atoms with Gasteiger partial charge in [0.05, 0.1) is 0 Å². The molecule has 1 aliphatic rings. The first-order chi connectivity index (χ1) is 8.75. The molecule has 1 heterocycles. The molecular weight excluding hydrogens is 248 g/mol. The minimum absolute atomic E-state index is 0.148. The van der Waals surface area contributed by atoms with Crippen LogP contribution < -0.4 is 5.32 Å². The topological polar surface area (TPSA) is 89.9 Å². The van der Waals surface area contributed by atoms with Crippen molar-refractivity contribution in [3.63, 3.8) is 0 Å². The number of hydrogen-bond donors (Lipinski definition) is 3. The monoisotopic (exact) mass is 272 g/mol. The number of piperidine rings is 1. The summed E-state index contributed by atoms with van der Waals surface area (Å²) in [5.41, 5.74) is -0.537. The van der Waals surface area contributed by atoms with E-state index in [1.54, 1.807) is 25.7 Å². The Hall–Kier alpha value is -1.30. The second-order valence-electron chi connectivity index (χ2n) is 6.20. The lowest BCUT2D eigenvalue weighted by Crippen LogP contribution is -2.54. The number of carboxylic acid groups (broad SMARTS) is 1. The highest BCUT2D eigenvalue weighted by molar-refractivity contribution is 5.83. The summed E-state index contributed by atoms with van der Waals surface area (Å²) in [4.78, 5) is 24.9. The minimum Gasteiger partial charge on any atom is -0.480 e. The number of nitrogens with zero attached hydrogens (tertiary/aromatic N) is 1. The molecule has 3 N–H and O–H groups in total. The molecule has 6 heteroatoms. The van der Waals surface area contributed by atoms with Crippen LogP contribution in [0.4, 0.5) is 4.79 Å². The van der Waals surface area contributed by atoms with Crippen LogP contribution in [0.1, 0.15) is 33.6 Å². The van der Waals surface area contributed by atoms with Gasteiger partial charge < -0.3 is 20.4 Å². The van der Waals surface area contributed by atoms with Crippen molar-refractivity contribution in [1.29, 1.82) is 0 Å². The Labute approximate surface area is 113 Å². The lowest BCUT2D eigenvalue weighted by molar-refractivity contribution is -0.142. The van der Waals surface area contributed by atoms with E-state index in [0.717, 1.165) is 12.8 Å². The molecule has 1 atom stereocenters. The van der Waals surface area contributed by atoms with Crippen LogP contribution in [-0.2, 0) is 4.79 Å². The fraction of sp³-hybridized carbons (Fsp3) is 0.846. The third kappa shape index (κ3) is 4.38. The Morgan fingerprint density at radius 1 is 1.32 bits per heavy atom. The maximum absolute atomic E-state index is 12.0. The van der Waals surface area contributed by atoms with Gasteiger partial charge in [-0.25, -0.2) is 9.59 Å². The highest BCUT2D eigenvalue weighted by atomic mass is 16.4. The third-order valence-electron chi connectivity index (χ3n) is 3.54. The first kappa shape index (κ1) is 15.8. The van der Waals surface area contributed by atoms with E-state index in [2.05, 4.69) is 5.32 Å². The van der Waals surface area contributed by atoms with Crippen LogP contribution in [0.15, 0.2) is 0 Å². The smallest absolute Gasteiger partial charge is 0.326 e. The third-order valence-corrected chi connectivity index (χ3v) is 3.54. The Morgan fingerprint density at radius 3 is 2.21 bits per heavy atom. The molecule has 110 valence electrons. The van der Waals surface area contributed by atoms with Crippen LogP contribution in [0.5, 0.6) is 0 Å². The Balaban J connectivity index is 2.57. The number of carbonyl (C=O) groups excluding carboxylic acids is 1. The van der Waals surface area contributed by atoms with Gasteiger partial charge >= 0.3 is 12.0 Å². The summed E-state index contributed by atoms with van der Waals surface area (Å²) in [7, 11) is 0. The van der Waals surface area contributed by atoms with Crippen molar-refractivity contribution >= 4 is 12.0 Å². The predicted molar refractivity (Wildman–Crippen MR) is 70.8 cm³/mol. The largest absolute Gasteiger partial charge is 0.480 e. The zero-order chi connectivity index (χ0) is 14.6. The van der Waals surface area contributed by atoms with E-state index in [0.29, 0.717) is 13.1 Å². The summed E-state index contributed by atoms with van der Waals surface area (Å²) < 4.78 is 0. The summed E-state index contributed by atoms with van der Waals surface area (Å²) in [6.45, 7) is 6.62. The Kier molecular flexibility index (Phi) is 5.17. The van der Waals surface area contributed by atoms with Gasteiger partial charge in [0.25, 0.3) is 0 Å². The SMILES string of the molecule is CC(C)(C)[C@@H](NC(=O)N1CCC(CO)CC1)C(=O)O. The summed E-state index contributed by atoms with van der Waals surface area (Å²) >= 11 is 0. The number of carbonyl (C=O) groups is 2. The fourth-order valence-electron chi connectivity index (χ4n) is 2.18. The number of likely N-dealkylation sites (tertiary alicyclic amines) is 1. The van der Waals surface area contributed by atoms with Crippen LogP contribution in [0.3, 0.4) is 0 Å². The number of aliphatic hydroxyl groups excluding tert-OH is 1. The van der Waals surface area contributed by atoms with E-state index in [1.165, 1.54) is 0 Å². The number of rotatable bonds is 3. The molecule has 0 saturated carbocycles. The molecule has 0 aromatic rings. The molecule has 0 spiro atoms. The van der Waals surface area contributed by atoms with Crippen LogP contribution >= 0.6 is 0 Å². The second-order valence-corrected chi connectivity index (χ2v) is 6.20. The van der Waals surface area contributed by atoms with Crippen LogP contribution in [0.25, 0.3) is 0 Å². The molecule has 0 radical (unpaired) electrons.